The highest BCUT2D eigenvalue weighted by atomic mass is 35.5. The number of carbonyl (C=O) groups is 2. The maximum Gasteiger partial charge on any atom is 0.237 e. The molecular weight excluding hydrogens is 393 g/mol. The topological polar surface area (TPSA) is 61.4 Å². The van der Waals surface area contributed by atoms with Gasteiger partial charge < -0.3 is 10.6 Å². The van der Waals surface area contributed by atoms with Gasteiger partial charge in [-0.15, -0.1) is 0 Å². The maximum atomic E-state index is 13.3. The van der Waals surface area contributed by atoms with Crippen molar-refractivity contribution in [3.05, 3.63) is 70.0 Å². The van der Waals surface area contributed by atoms with Gasteiger partial charge in [0.25, 0.3) is 0 Å². The van der Waals surface area contributed by atoms with Gasteiger partial charge in [0.15, 0.2) is 0 Å². The van der Waals surface area contributed by atoms with Crippen molar-refractivity contribution in [1.82, 2.24) is 15.5 Å². The number of nitrogens with zero attached hydrogens (tertiary/aromatic N) is 1. The molecule has 0 unspecified atom stereocenters. The Balaban J connectivity index is 1.39. The molecular formula is C22H23ClFN3O2. The number of halogens is 2. The van der Waals surface area contributed by atoms with Crippen molar-refractivity contribution in [2.24, 2.45) is 0 Å². The van der Waals surface area contributed by atoms with E-state index in [1.807, 2.05) is 17.0 Å². The van der Waals surface area contributed by atoms with Crippen LogP contribution in [0.1, 0.15) is 23.1 Å². The Kier molecular flexibility index (Phi) is 5.83. The molecule has 4 rings (SSSR count). The third-order valence-electron chi connectivity index (χ3n) is 5.63. The van der Waals surface area contributed by atoms with Crippen LogP contribution in [0.25, 0.3) is 0 Å². The number of fused-ring (bicyclic) bond motifs is 1. The van der Waals surface area contributed by atoms with Gasteiger partial charge in [-0.05, 0) is 41.7 Å². The molecule has 2 aromatic carbocycles. The molecule has 0 aromatic heterocycles. The fraction of sp³-hybridized carbons (Fsp3) is 0.364. The fourth-order valence-corrected chi connectivity index (χ4v) is 4.39. The highest BCUT2D eigenvalue weighted by Crippen LogP contribution is 2.23. The summed E-state index contributed by atoms with van der Waals surface area (Å²) >= 11 is 6.15. The van der Waals surface area contributed by atoms with Gasteiger partial charge in [0.1, 0.15) is 5.82 Å². The van der Waals surface area contributed by atoms with Gasteiger partial charge in [-0.3, -0.25) is 14.5 Å². The number of hydrogen-bond acceptors (Lipinski definition) is 3. The van der Waals surface area contributed by atoms with Crippen LogP contribution in [0.3, 0.4) is 0 Å². The van der Waals surface area contributed by atoms with E-state index in [1.165, 1.54) is 23.3 Å². The quantitative estimate of drug-likeness (QED) is 0.788. The summed E-state index contributed by atoms with van der Waals surface area (Å²) < 4.78 is 13.3. The minimum atomic E-state index is -0.575. The Morgan fingerprint density at radius 1 is 1.21 bits per heavy atom. The highest BCUT2D eigenvalue weighted by molar-refractivity contribution is 6.31. The molecule has 152 valence electrons. The van der Waals surface area contributed by atoms with E-state index in [-0.39, 0.29) is 24.3 Å². The lowest BCUT2D eigenvalue weighted by Gasteiger charge is -2.35. The Morgan fingerprint density at radius 3 is 2.62 bits per heavy atom. The van der Waals surface area contributed by atoms with E-state index >= 15 is 0 Å². The van der Waals surface area contributed by atoms with Crippen molar-refractivity contribution < 1.29 is 14.0 Å². The van der Waals surface area contributed by atoms with Crippen molar-refractivity contribution in [2.45, 2.75) is 37.9 Å². The molecule has 1 fully saturated rings. The van der Waals surface area contributed by atoms with Crippen molar-refractivity contribution in [1.29, 1.82) is 0 Å². The third kappa shape index (κ3) is 4.60. The van der Waals surface area contributed by atoms with Gasteiger partial charge in [0.05, 0.1) is 12.5 Å². The Hall–Kier alpha value is -2.44. The second kappa shape index (κ2) is 8.51. The van der Waals surface area contributed by atoms with E-state index < -0.39 is 11.9 Å². The molecule has 0 radical (unpaired) electrons. The largest absolute Gasteiger partial charge is 0.353 e. The molecule has 2 aromatic rings. The molecule has 7 heteroatoms. The lowest BCUT2D eigenvalue weighted by Crippen LogP contribution is -2.56. The summed E-state index contributed by atoms with van der Waals surface area (Å²) in [7, 11) is 0. The summed E-state index contributed by atoms with van der Waals surface area (Å²) in [6.45, 7) is 1.50. The smallest absolute Gasteiger partial charge is 0.237 e. The van der Waals surface area contributed by atoms with Crippen LogP contribution in [-0.4, -0.2) is 41.9 Å². The van der Waals surface area contributed by atoms with E-state index in [1.54, 1.807) is 6.07 Å². The molecule has 29 heavy (non-hydrogen) atoms. The van der Waals surface area contributed by atoms with Crippen molar-refractivity contribution >= 4 is 23.4 Å². The molecule has 0 saturated carbocycles. The van der Waals surface area contributed by atoms with Crippen LogP contribution in [0.15, 0.2) is 42.5 Å². The summed E-state index contributed by atoms with van der Waals surface area (Å²) in [4.78, 5) is 27.1. The van der Waals surface area contributed by atoms with E-state index in [9.17, 15) is 14.0 Å². The summed E-state index contributed by atoms with van der Waals surface area (Å²) in [5.74, 6) is -0.706. The molecule has 0 spiro atoms. The minimum Gasteiger partial charge on any atom is -0.353 e. The lowest BCUT2D eigenvalue weighted by molar-refractivity contribution is -0.134. The van der Waals surface area contributed by atoms with Crippen LogP contribution < -0.4 is 10.6 Å². The number of carbonyl (C=O) groups excluding carboxylic acids is 2. The van der Waals surface area contributed by atoms with Crippen LogP contribution >= 0.6 is 11.6 Å². The summed E-state index contributed by atoms with van der Waals surface area (Å²) in [6.07, 6.45) is 1.71. The number of nitrogens with one attached hydrogen (secondary N) is 2. The number of rotatable bonds is 5. The van der Waals surface area contributed by atoms with Crippen LogP contribution in [0.5, 0.6) is 0 Å². The van der Waals surface area contributed by atoms with Crippen molar-refractivity contribution in [2.75, 3.05) is 13.1 Å². The molecule has 2 aliphatic rings. The van der Waals surface area contributed by atoms with Gasteiger partial charge in [0.2, 0.25) is 11.8 Å². The zero-order valence-electron chi connectivity index (χ0n) is 16.0. The number of amides is 2. The van der Waals surface area contributed by atoms with Crippen LogP contribution in [0.2, 0.25) is 5.02 Å². The first-order valence-electron chi connectivity index (χ1n) is 9.81. The first kappa shape index (κ1) is 19.9. The van der Waals surface area contributed by atoms with Gasteiger partial charge in [-0.2, -0.15) is 0 Å². The minimum absolute atomic E-state index is 0.0616. The fourth-order valence-electron chi connectivity index (χ4n) is 4.17. The second-order valence-corrected chi connectivity index (χ2v) is 8.07. The molecule has 1 atom stereocenters. The molecule has 0 bridgehead atoms. The monoisotopic (exact) mass is 415 g/mol. The van der Waals surface area contributed by atoms with Gasteiger partial charge in [-0.1, -0.05) is 41.9 Å². The molecule has 1 aliphatic heterocycles. The third-order valence-corrected chi connectivity index (χ3v) is 5.98. The molecule has 5 nitrogen and oxygen atoms in total. The summed E-state index contributed by atoms with van der Waals surface area (Å²) in [5, 5.41) is 6.23. The predicted molar refractivity (Wildman–Crippen MR) is 109 cm³/mol. The zero-order valence-corrected chi connectivity index (χ0v) is 16.7. The van der Waals surface area contributed by atoms with E-state index in [4.69, 9.17) is 11.6 Å². The van der Waals surface area contributed by atoms with Gasteiger partial charge >= 0.3 is 0 Å². The van der Waals surface area contributed by atoms with Crippen molar-refractivity contribution in [3.63, 3.8) is 0 Å². The molecule has 1 heterocycles. The first-order chi connectivity index (χ1) is 14.0. The van der Waals surface area contributed by atoms with Gasteiger partial charge in [-0.25, -0.2) is 4.39 Å². The first-order valence-corrected chi connectivity index (χ1v) is 10.2. The molecule has 1 aliphatic carbocycles. The van der Waals surface area contributed by atoms with Crippen LogP contribution in [0.4, 0.5) is 4.39 Å². The highest BCUT2D eigenvalue weighted by Gasteiger charge is 2.33. The van der Waals surface area contributed by atoms with E-state index in [0.29, 0.717) is 24.7 Å². The second-order valence-electron chi connectivity index (χ2n) is 7.66. The average molecular weight is 416 g/mol. The van der Waals surface area contributed by atoms with E-state index in [0.717, 1.165) is 18.4 Å². The lowest BCUT2D eigenvalue weighted by atomic mass is 10.1. The molecule has 2 amide bonds. The van der Waals surface area contributed by atoms with Crippen LogP contribution in [-0.2, 0) is 29.0 Å². The Labute approximate surface area is 174 Å². The van der Waals surface area contributed by atoms with E-state index in [2.05, 4.69) is 22.8 Å². The molecule has 2 N–H and O–H groups in total. The zero-order chi connectivity index (χ0) is 20.4. The van der Waals surface area contributed by atoms with Gasteiger partial charge in [0, 0.05) is 30.7 Å². The average Bonchev–Trinajstić information content (AvgIpc) is 3.08. The maximum absolute atomic E-state index is 13.3. The standard InChI is InChI=1S/C22H23ClFN3O2/c23-19-11-17(24)6-5-16(19)13-27-8-7-25-22(29)20(27)12-21(28)26-18-9-14-3-1-2-4-15(14)10-18/h1-6,11,18,20H,7-10,12-13H2,(H,25,29)(H,26,28)/t20-/m1/s1. The Morgan fingerprint density at radius 2 is 1.93 bits per heavy atom. The van der Waals surface area contributed by atoms with Crippen molar-refractivity contribution in [3.8, 4) is 0 Å². The number of hydrogen-bond donors (Lipinski definition) is 2. The summed E-state index contributed by atoms with van der Waals surface area (Å²) in [6, 6.07) is 11.9. The van der Waals surface area contributed by atoms with Crippen LogP contribution in [0, 0.1) is 5.82 Å². The normalized spacial score (nSPS) is 19.7. The molecule has 1 saturated heterocycles. The Bertz CT molecular complexity index is 911. The predicted octanol–water partition coefficient (Wildman–Crippen LogP) is 2.45. The summed E-state index contributed by atoms with van der Waals surface area (Å²) in [5.41, 5.74) is 3.26. The SMILES string of the molecule is O=C(C[C@@H]1C(=O)NCCN1Cc1ccc(F)cc1Cl)NC1Cc2ccccc2C1. The number of piperazine rings is 1. The number of benzene rings is 2.